The van der Waals surface area contributed by atoms with E-state index < -0.39 is 26.9 Å². The Morgan fingerprint density at radius 1 is 0.846 bits per heavy atom. The molecule has 3 rings (SSSR count). The van der Waals surface area contributed by atoms with Crippen molar-refractivity contribution in [1.82, 2.24) is 9.97 Å². The molecule has 0 aliphatic carbocycles. The molecule has 0 spiro atoms. The van der Waals surface area contributed by atoms with Crippen molar-refractivity contribution < 1.29 is 17.2 Å². The molecule has 0 aliphatic heterocycles. The smallest absolute Gasteiger partial charge is 0.223 e. The standard InChI is InChI=1S/C12H10FNS.C5H5FN2O2S/c13-11-7-4-8-12(14-11)15-9-10-5-2-1-3-6-10;6-4-2-1-3-5(8-4)11(7,9)10/h1-8H,9H2;1-3H,(H2,7,9,10). The van der Waals surface area contributed by atoms with Gasteiger partial charge in [0, 0.05) is 5.75 Å². The van der Waals surface area contributed by atoms with Crippen molar-refractivity contribution >= 4 is 21.8 Å². The fourth-order valence-electron chi connectivity index (χ4n) is 1.75. The SMILES string of the molecule is Fc1cccc(SCc2ccccc2)n1.NS(=O)(=O)c1cccc(F)n1. The second-order valence-corrected chi connectivity index (χ2v) is 7.42. The fourth-order valence-corrected chi connectivity index (χ4v) is 3.07. The van der Waals surface area contributed by atoms with Crippen LogP contribution < -0.4 is 5.14 Å². The second-order valence-electron chi connectivity index (χ2n) is 4.92. The quantitative estimate of drug-likeness (QED) is 0.541. The van der Waals surface area contributed by atoms with Gasteiger partial charge in [-0.1, -0.05) is 42.5 Å². The van der Waals surface area contributed by atoms with Crippen LogP contribution >= 0.6 is 11.8 Å². The molecule has 1 aromatic carbocycles. The molecule has 0 radical (unpaired) electrons. The summed E-state index contributed by atoms with van der Waals surface area (Å²) in [4.78, 5) is 6.85. The maximum atomic E-state index is 12.8. The van der Waals surface area contributed by atoms with Crippen LogP contribution in [0.25, 0.3) is 0 Å². The monoisotopic (exact) mass is 395 g/mol. The first-order valence-electron chi connectivity index (χ1n) is 7.29. The lowest BCUT2D eigenvalue weighted by molar-refractivity contribution is 0.557. The van der Waals surface area contributed by atoms with Crippen LogP contribution in [0.5, 0.6) is 0 Å². The molecule has 0 atom stereocenters. The van der Waals surface area contributed by atoms with E-state index in [1.807, 2.05) is 36.4 Å². The van der Waals surface area contributed by atoms with Gasteiger partial charge < -0.3 is 0 Å². The Kier molecular flexibility index (Phi) is 7.19. The van der Waals surface area contributed by atoms with Crippen LogP contribution in [0.15, 0.2) is 76.8 Å². The highest BCUT2D eigenvalue weighted by atomic mass is 32.2. The highest BCUT2D eigenvalue weighted by Crippen LogP contribution is 2.20. The van der Waals surface area contributed by atoms with Gasteiger partial charge in [0.15, 0.2) is 5.03 Å². The molecule has 2 aromatic heterocycles. The normalized spacial score (nSPS) is 10.7. The van der Waals surface area contributed by atoms with Gasteiger partial charge in [-0.25, -0.2) is 23.5 Å². The number of rotatable bonds is 4. The molecule has 2 heterocycles. The average Bonchev–Trinajstić information content (AvgIpc) is 2.61. The van der Waals surface area contributed by atoms with Gasteiger partial charge in [-0.2, -0.15) is 8.78 Å². The molecule has 5 nitrogen and oxygen atoms in total. The number of thioether (sulfide) groups is 1. The minimum absolute atomic E-state index is 0.423. The van der Waals surface area contributed by atoms with Crippen LogP contribution in [0.1, 0.15) is 5.56 Å². The zero-order valence-corrected chi connectivity index (χ0v) is 15.1. The zero-order chi connectivity index (χ0) is 19.0. The third-order valence-corrected chi connectivity index (χ3v) is 4.71. The fraction of sp³-hybridized carbons (Fsp3) is 0.0588. The Hall–Kier alpha value is -2.36. The molecular formula is C17H15F2N3O2S2. The lowest BCUT2D eigenvalue weighted by atomic mass is 10.2. The van der Waals surface area contributed by atoms with E-state index in [0.29, 0.717) is 0 Å². The van der Waals surface area contributed by atoms with Crippen LogP contribution in [-0.4, -0.2) is 18.4 Å². The third kappa shape index (κ3) is 6.87. The van der Waals surface area contributed by atoms with E-state index in [0.717, 1.165) is 22.9 Å². The topological polar surface area (TPSA) is 85.9 Å². The maximum absolute atomic E-state index is 12.8. The number of halogens is 2. The van der Waals surface area contributed by atoms with E-state index in [4.69, 9.17) is 0 Å². The summed E-state index contributed by atoms with van der Waals surface area (Å²) in [5, 5.41) is 4.93. The minimum Gasteiger partial charge on any atom is -0.223 e. The number of hydrogen-bond acceptors (Lipinski definition) is 5. The van der Waals surface area contributed by atoms with E-state index >= 15 is 0 Å². The number of sulfonamides is 1. The maximum Gasteiger partial charge on any atom is 0.255 e. The molecule has 9 heteroatoms. The predicted octanol–water partition coefficient (Wildman–Crippen LogP) is 3.38. The van der Waals surface area contributed by atoms with E-state index in [1.54, 1.807) is 6.07 Å². The van der Waals surface area contributed by atoms with Crippen molar-refractivity contribution in [1.29, 1.82) is 0 Å². The highest BCUT2D eigenvalue weighted by Gasteiger charge is 2.08. The van der Waals surface area contributed by atoms with Crippen LogP contribution in [-0.2, 0) is 15.8 Å². The molecule has 26 heavy (non-hydrogen) atoms. The number of pyridine rings is 2. The average molecular weight is 395 g/mol. The van der Waals surface area contributed by atoms with Gasteiger partial charge in [0.25, 0.3) is 10.0 Å². The zero-order valence-electron chi connectivity index (χ0n) is 13.4. The molecule has 0 saturated heterocycles. The molecule has 0 amide bonds. The molecule has 3 aromatic rings. The van der Waals surface area contributed by atoms with E-state index in [2.05, 4.69) is 15.1 Å². The summed E-state index contributed by atoms with van der Waals surface area (Å²) in [6.07, 6.45) is 0. The summed E-state index contributed by atoms with van der Waals surface area (Å²) in [7, 11) is -3.88. The number of nitrogens with two attached hydrogens (primary N) is 1. The third-order valence-electron chi connectivity index (χ3n) is 2.90. The molecule has 0 unspecified atom stereocenters. The molecular weight excluding hydrogens is 380 g/mol. The van der Waals surface area contributed by atoms with Gasteiger partial charge in [-0.15, -0.1) is 11.8 Å². The van der Waals surface area contributed by atoms with Gasteiger partial charge in [0.2, 0.25) is 11.9 Å². The summed E-state index contributed by atoms with van der Waals surface area (Å²) in [5.41, 5.74) is 1.22. The van der Waals surface area contributed by atoms with Crippen LogP contribution in [0.3, 0.4) is 0 Å². The molecule has 0 aliphatic rings. The van der Waals surface area contributed by atoms with Gasteiger partial charge >= 0.3 is 0 Å². The molecule has 0 bridgehead atoms. The molecule has 136 valence electrons. The number of aromatic nitrogens is 2. The lowest BCUT2D eigenvalue weighted by Gasteiger charge is -2.00. The molecule has 0 fully saturated rings. The first-order chi connectivity index (χ1) is 12.3. The van der Waals surface area contributed by atoms with E-state index in [1.165, 1.54) is 29.5 Å². The summed E-state index contributed by atoms with van der Waals surface area (Å²) < 4.78 is 46.1. The van der Waals surface area contributed by atoms with Gasteiger partial charge in [0.1, 0.15) is 0 Å². The molecule has 0 saturated carbocycles. The van der Waals surface area contributed by atoms with Crippen molar-refractivity contribution in [2.24, 2.45) is 5.14 Å². The lowest BCUT2D eigenvalue weighted by Crippen LogP contribution is -2.14. The minimum atomic E-state index is -3.88. The number of benzene rings is 1. The van der Waals surface area contributed by atoms with Gasteiger partial charge in [-0.3, -0.25) is 0 Å². The number of nitrogens with zero attached hydrogens (tertiary/aromatic N) is 2. The van der Waals surface area contributed by atoms with Gasteiger partial charge in [-0.05, 0) is 29.8 Å². The number of primary sulfonamides is 1. The van der Waals surface area contributed by atoms with Crippen molar-refractivity contribution in [2.75, 3.05) is 0 Å². The van der Waals surface area contributed by atoms with Crippen molar-refractivity contribution in [3.8, 4) is 0 Å². The summed E-state index contributed by atoms with van der Waals surface area (Å²) in [5.74, 6) is -0.471. The van der Waals surface area contributed by atoms with Crippen molar-refractivity contribution in [3.05, 3.63) is 84.2 Å². The van der Waals surface area contributed by atoms with Crippen molar-refractivity contribution in [2.45, 2.75) is 15.8 Å². The Morgan fingerprint density at radius 2 is 1.46 bits per heavy atom. The van der Waals surface area contributed by atoms with E-state index in [-0.39, 0.29) is 0 Å². The first kappa shape index (κ1) is 20.0. The summed E-state index contributed by atoms with van der Waals surface area (Å²) >= 11 is 1.54. The highest BCUT2D eigenvalue weighted by molar-refractivity contribution is 7.98. The Balaban J connectivity index is 0.000000197. The van der Waals surface area contributed by atoms with Gasteiger partial charge in [0.05, 0.1) is 5.03 Å². The van der Waals surface area contributed by atoms with Crippen LogP contribution in [0, 0.1) is 11.9 Å². The van der Waals surface area contributed by atoms with Crippen molar-refractivity contribution in [3.63, 3.8) is 0 Å². The Bertz CT molecular complexity index is 955. The predicted molar refractivity (Wildman–Crippen MR) is 95.8 cm³/mol. The Morgan fingerprint density at radius 3 is 2.00 bits per heavy atom. The first-order valence-corrected chi connectivity index (χ1v) is 9.82. The second kappa shape index (κ2) is 9.37. The molecule has 2 N–H and O–H groups in total. The Labute approximate surface area is 154 Å². The summed E-state index contributed by atoms with van der Waals surface area (Å²) in [6, 6.07) is 18.3. The summed E-state index contributed by atoms with van der Waals surface area (Å²) in [6.45, 7) is 0. The largest absolute Gasteiger partial charge is 0.255 e. The van der Waals surface area contributed by atoms with Crippen LogP contribution in [0.4, 0.5) is 8.78 Å². The number of hydrogen-bond donors (Lipinski definition) is 1. The van der Waals surface area contributed by atoms with Crippen LogP contribution in [0.2, 0.25) is 0 Å². The van der Waals surface area contributed by atoms with E-state index in [9.17, 15) is 17.2 Å².